The Balaban J connectivity index is 2.01. The first kappa shape index (κ1) is 11.9. The molecule has 19 heavy (non-hydrogen) atoms. The van der Waals surface area contributed by atoms with E-state index in [1.54, 1.807) is 21.2 Å². The third kappa shape index (κ3) is 2.10. The van der Waals surface area contributed by atoms with Crippen LogP contribution in [-0.2, 0) is 6.54 Å². The number of imidazole rings is 1. The van der Waals surface area contributed by atoms with Gasteiger partial charge in [-0.3, -0.25) is 9.20 Å². The number of hydrogen-bond donors (Lipinski definition) is 0. The summed E-state index contributed by atoms with van der Waals surface area (Å²) in [5, 5.41) is 1.99. The number of nitrogens with zero attached hydrogens (tertiary/aromatic N) is 4. The van der Waals surface area contributed by atoms with Crippen molar-refractivity contribution in [2.75, 3.05) is 11.9 Å². The molecule has 0 aliphatic heterocycles. The summed E-state index contributed by atoms with van der Waals surface area (Å²) in [6, 6.07) is 5.67. The van der Waals surface area contributed by atoms with Crippen LogP contribution in [-0.4, -0.2) is 27.7 Å². The van der Waals surface area contributed by atoms with Crippen LogP contribution in [0.4, 0.5) is 5.82 Å². The van der Waals surface area contributed by atoms with Crippen molar-refractivity contribution in [3.05, 3.63) is 46.7 Å². The third-order valence-electron chi connectivity index (χ3n) is 2.90. The molecule has 3 rings (SSSR count). The fourth-order valence-corrected chi connectivity index (χ4v) is 2.58. The highest BCUT2D eigenvalue weighted by atomic mass is 32.1. The predicted molar refractivity (Wildman–Crippen MR) is 74.8 cm³/mol. The molecule has 96 valence electrons. The van der Waals surface area contributed by atoms with Gasteiger partial charge >= 0.3 is 0 Å². The van der Waals surface area contributed by atoms with Crippen molar-refractivity contribution >= 4 is 29.1 Å². The van der Waals surface area contributed by atoms with E-state index in [0.717, 1.165) is 17.6 Å². The highest BCUT2D eigenvalue weighted by Gasteiger charge is 2.15. The van der Waals surface area contributed by atoms with E-state index in [2.05, 4.69) is 9.97 Å². The number of carbonyl (C=O) groups excluding carboxylic acids is 1. The number of pyridine rings is 1. The fraction of sp³-hybridized carbons (Fsp3) is 0.154. The Morgan fingerprint density at radius 1 is 1.47 bits per heavy atom. The second-order valence-corrected chi connectivity index (χ2v) is 4.92. The molecule has 0 atom stereocenters. The average molecular weight is 272 g/mol. The van der Waals surface area contributed by atoms with E-state index in [1.165, 1.54) is 0 Å². The highest BCUT2D eigenvalue weighted by molar-refractivity contribution is 7.07. The van der Waals surface area contributed by atoms with Crippen molar-refractivity contribution in [1.29, 1.82) is 0 Å². The maximum absolute atomic E-state index is 11.3. The van der Waals surface area contributed by atoms with Crippen LogP contribution < -0.4 is 4.90 Å². The van der Waals surface area contributed by atoms with Gasteiger partial charge in [0.2, 0.25) is 0 Å². The van der Waals surface area contributed by atoms with Crippen molar-refractivity contribution in [3.63, 3.8) is 0 Å². The van der Waals surface area contributed by atoms with Crippen LogP contribution in [0.25, 0.3) is 5.65 Å². The minimum absolute atomic E-state index is 0.563. The van der Waals surface area contributed by atoms with Gasteiger partial charge in [0.25, 0.3) is 0 Å². The lowest BCUT2D eigenvalue weighted by Crippen LogP contribution is -2.18. The molecule has 0 aliphatic rings. The van der Waals surface area contributed by atoms with Crippen LogP contribution in [0.3, 0.4) is 0 Å². The molecule has 0 aromatic carbocycles. The first-order valence-electron chi connectivity index (χ1n) is 5.80. The Morgan fingerprint density at radius 2 is 2.37 bits per heavy atom. The van der Waals surface area contributed by atoms with Crippen LogP contribution >= 0.6 is 11.3 Å². The Kier molecular flexibility index (Phi) is 3.00. The first-order chi connectivity index (χ1) is 9.29. The number of thiazole rings is 1. The lowest BCUT2D eigenvalue weighted by atomic mass is 10.4. The molecule has 0 N–H and O–H groups in total. The quantitative estimate of drug-likeness (QED) is 0.683. The van der Waals surface area contributed by atoms with Gasteiger partial charge in [-0.05, 0) is 12.1 Å². The van der Waals surface area contributed by atoms with Gasteiger partial charge < -0.3 is 4.90 Å². The average Bonchev–Trinajstić information content (AvgIpc) is 3.04. The van der Waals surface area contributed by atoms with Gasteiger partial charge in [-0.2, -0.15) is 0 Å². The Hall–Kier alpha value is -2.21. The maximum atomic E-state index is 11.3. The van der Waals surface area contributed by atoms with E-state index in [1.807, 2.05) is 41.7 Å². The zero-order valence-electron chi connectivity index (χ0n) is 10.4. The molecule has 0 unspecified atom stereocenters. The second kappa shape index (κ2) is 4.81. The number of hydrogen-bond acceptors (Lipinski definition) is 5. The summed E-state index contributed by atoms with van der Waals surface area (Å²) in [6.45, 7) is 0.633. The lowest BCUT2D eigenvalue weighted by Gasteiger charge is -2.15. The Labute approximate surface area is 114 Å². The Morgan fingerprint density at radius 3 is 3.11 bits per heavy atom. The minimum Gasteiger partial charge on any atom is -0.352 e. The molecule has 6 heteroatoms. The molecule has 0 saturated carbocycles. The van der Waals surface area contributed by atoms with Crippen LogP contribution in [0, 0.1) is 0 Å². The number of anilines is 1. The molecule has 3 aromatic heterocycles. The van der Waals surface area contributed by atoms with Crippen molar-refractivity contribution in [1.82, 2.24) is 14.4 Å². The van der Waals surface area contributed by atoms with E-state index < -0.39 is 0 Å². The summed E-state index contributed by atoms with van der Waals surface area (Å²) < 4.78 is 1.79. The number of aromatic nitrogens is 3. The van der Waals surface area contributed by atoms with Gasteiger partial charge in [0.15, 0.2) is 12.1 Å². The molecule has 0 radical (unpaired) electrons. The summed E-state index contributed by atoms with van der Waals surface area (Å²) in [5.74, 6) is 0.675. The number of aldehydes is 1. The van der Waals surface area contributed by atoms with E-state index in [-0.39, 0.29) is 0 Å². The largest absolute Gasteiger partial charge is 0.352 e. The molecule has 0 spiro atoms. The molecule has 3 aromatic rings. The fourth-order valence-electron chi connectivity index (χ4n) is 2.03. The summed E-state index contributed by atoms with van der Waals surface area (Å²) in [7, 11) is 1.91. The molecule has 3 heterocycles. The Bertz CT molecular complexity index is 705. The van der Waals surface area contributed by atoms with Gasteiger partial charge in [-0.1, -0.05) is 6.07 Å². The van der Waals surface area contributed by atoms with Crippen LogP contribution in [0.15, 0.2) is 35.3 Å². The zero-order chi connectivity index (χ0) is 13.2. The smallest absolute Gasteiger partial charge is 0.170 e. The highest BCUT2D eigenvalue weighted by Crippen LogP contribution is 2.20. The predicted octanol–water partition coefficient (Wildman–Crippen LogP) is 2.24. The molecule has 0 amide bonds. The maximum Gasteiger partial charge on any atom is 0.170 e. The second-order valence-electron chi connectivity index (χ2n) is 4.20. The standard InChI is InChI=1S/C13H12N4OS/c1-16(6-10-8-19-9-14-10)13-11(7-18)17-5-3-2-4-12(17)15-13/h2-5,7-9H,6H2,1H3. The first-order valence-corrected chi connectivity index (χ1v) is 6.74. The molecule has 0 saturated heterocycles. The van der Waals surface area contributed by atoms with Gasteiger partial charge in [0, 0.05) is 18.6 Å². The molecule has 0 bridgehead atoms. The number of fused-ring (bicyclic) bond motifs is 1. The topological polar surface area (TPSA) is 50.5 Å². The van der Waals surface area contributed by atoms with Crippen LogP contribution in [0.2, 0.25) is 0 Å². The van der Waals surface area contributed by atoms with Crippen molar-refractivity contribution < 1.29 is 4.79 Å². The SMILES string of the molecule is CN(Cc1cscn1)c1nc2ccccn2c1C=O. The van der Waals surface area contributed by atoms with Crippen LogP contribution in [0.5, 0.6) is 0 Å². The van der Waals surface area contributed by atoms with Crippen molar-refractivity contribution in [3.8, 4) is 0 Å². The number of carbonyl (C=O) groups is 1. The van der Waals surface area contributed by atoms with E-state index >= 15 is 0 Å². The lowest BCUT2D eigenvalue weighted by molar-refractivity contribution is 0.111. The summed E-state index contributed by atoms with van der Waals surface area (Å²) in [6.07, 6.45) is 2.68. The van der Waals surface area contributed by atoms with Gasteiger partial charge in [0.1, 0.15) is 11.3 Å². The molecule has 0 fully saturated rings. The molecule has 5 nitrogen and oxygen atoms in total. The number of rotatable bonds is 4. The molecular formula is C13H12N4OS. The summed E-state index contributed by atoms with van der Waals surface area (Å²) in [5.41, 5.74) is 4.10. The van der Waals surface area contributed by atoms with Gasteiger partial charge in [-0.25, -0.2) is 9.97 Å². The van der Waals surface area contributed by atoms with E-state index in [4.69, 9.17) is 0 Å². The van der Waals surface area contributed by atoms with E-state index in [9.17, 15) is 4.79 Å². The molecule has 0 aliphatic carbocycles. The minimum atomic E-state index is 0.563. The van der Waals surface area contributed by atoms with Crippen molar-refractivity contribution in [2.45, 2.75) is 6.54 Å². The van der Waals surface area contributed by atoms with Gasteiger partial charge in [0.05, 0.1) is 17.7 Å². The third-order valence-corrected chi connectivity index (χ3v) is 3.54. The van der Waals surface area contributed by atoms with Crippen LogP contribution in [0.1, 0.15) is 16.2 Å². The normalized spacial score (nSPS) is 10.8. The van der Waals surface area contributed by atoms with E-state index in [0.29, 0.717) is 18.1 Å². The summed E-state index contributed by atoms with van der Waals surface area (Å²) in [4.78, 5) is 22.0. The van der Waals surface area contributed by atoms with Gasteiger partial charge in [-0.15, -0.1) is 11.3 Å². The monoisotopic (exact) mass is 272 g/mol. The van der Waals surface area contributed by atoms with Crippen molar-refractivity contribution in [2.24, 2.45) is 0 Å². The zero-order valence-corrected chi connectivity index (χ0v) is 11.2. The summed E-state index contributed by atoms with van der Waals surface area (Å²) >= 11 is 1.56. The molecular weight excluding hydrogens is 260 g/mol.